The number of hydrogen-bond acceptors (Lipinski definition) is 1. The van der Waals surface area contributed by atoms with Crippen LogP contribution < -0.4 is 0 Å². The van der Waals surface area contributed by atoms with Crippen molar-refractivity contribution in [3.05, 3.63) is 76.4 Å². The van der Waals surface area contributed by atoms with Crippen LogP contribution in [0.1, 0.15) is 16.7 Å². The summed E-state index contributed by atoms with van der Waals surface area (Å²) in [6.07, 6.45) is -2.79. The lowest BCUT2D eigenvalue weighted by Gasteiger charge is -2.09. The minimum atomic E-state index is -4.37. The zero-order valence-corrected chi connectivity index (χ0v) is 12.1. The predicted molar refractivity (Wildman–Crippen MR) is 78.7 cm³/mol. The smallest absolute Gasteiger partial charge is 0.416 e. The molecule has 22 heavy (non-hydrogen) atoms. The Morgan fingerprint density at radius 1 is 0.955 bits per heavy atom. The van der Waals surface area contributed by atoms with E-state index in [2.05, 4.69) is 0 Å². The molecular formula is C16H12F4OS. The monoisotopic (exact) mass is 328 g/mol. The third-order valence-electron chi connectivity index (χ3n) is 2.87. The molecule has 0 saturated carbocycles. The third kappa shape index (κ3) is 4.89. The number of rotatable bonds is 4. The molecule has 1 nitrogen and oxygen atoms in total. The first-order valence-electron chi connectivity index (χ1n) is 6.32. The average molecular weight is 328 g/mol. The molecule has 0 aliphatic rings. The lowest BCUT2D eigenvalue weighted by atomic mass is 10.1. The van der Waals surface area contributed by atoms with Gasteiger partial charge in [-0.15, -0.1) is 0 Å². The van der Waals surface area contributed by atoms with Crippen LogP contribution >= 0.6 is 0 Å². The summed E-state index contributed by atoms with van der Waals surface area (Å²) in [4.78, 5) is 0. The summed E-state index contributed by atoms with van der Waals surface area (Å²) in [6.45, 7) is 0. The van der Waals surface area contributed by atoms with Crippen molar-refractivity contribution in [2.45, 2.75) is 11.9 Å². The maximum atomic E-state index is 12.7. The highest BCUT2D eigenvalue weighted by Gasteiger charge is 2.30. The largest absolute Gasteiger partial charge is 0.612 e. The summed E-state index contributed by atoms with van der Waals surface area (Å²) in [5, 5.41) is 1.44. The number of halogens is 4. The fourth-order valence-corrected chi connectivity index (χ4v) is 2.66. The molecule has 0 aliphatic heterocycles. The molecule has 2 rings (SSSR count). The Kier molecular flexibility index (Phi) is 5.26. The minimum absolute atomic E-state index is 0.121. The van der Waals surface area contributed by atoms with Crippen molar-refractivity contribution in [1.29, 1.82) is 0 Å². The Hall–Kier alpha value is -1.79. The summed E-state index contributed by atoms with van der Waals surface area (Å²) in [5.74, 6) is -0.237. The molecule has 1 atom stereocenters. The highest BCUT2D eigenvalue weighted by atomic mass is 32.2. The summed E-state index contributed by atoms with van der Waals surface area (Å²) in [5.41, 5.74) is 0.515. The van der Waals surface area contributed by atoms with Crippen LogP contribution in [0.15, 0.2) is 53.9 Å². The van der Waals surface area contributed by atoms with Crippen LogP contribution in [0.3, 0.4) is 0 Å². The second-order valence-corrected chi connectivity index (χ2v) is 5.90. The highest BCUT2D eigenvalue weighted by molar-refractivity contribution is 7.93. The Morgan fingerprint density at radius 2 is 1.55 bits per heavy atom. The predicted octanol–water partition coefficient (Wildman–Crippen LogP) is 4.76. The topological polar surface area (TPSA) is 23.1 Å². The van der Waals surface area contributed by atoms with Gasteiger partial charge in [0, 0.05) is 5.56 Å². The van der Waals surface area contributed by atoms with Crippen molar-refractivity contribution in [2.24, 2.45) is 0 Å². The summed E-state index contributed by atoms with van der Waals surface area (Å²) in [6, 6.07) is 10.2. The van der Waals surface area contributed by atoms with E-state index in [0.29, 0.717) is 11.1 Å². The number of hydrogen-bond donors (Lipinski definition) is 0. The van der Waals surface area contributed by atoms with Gasteiger partial charge in [0.1, 0.15) is 17.0 Å². The minimum Gasteiger partial charge on any atom is -0.612 e. The van der Waals surface area contributed by atoms with Crippen LogP contribution in [-0.2, 0) is 23.1 Å². The second kappa shape index (κ2) is 6.98. The van der Waals surface area contributed by atoms with Crippen LogP contribution in [0, 0.1) is 5.82 Å². The zero-order valence-electron chi connectivity index (χ0n) is 11.3. The molecule has 2 aromatic carbocycles. The van der Waals surface area contributed by atoms with Gasteiger partial charge < -0.3 is 4.55 Å². The molecule has 0 aromatic heterocycles. The van der Waals surface area contributed by atoms with Crippen LogP contribution in [-0.4, -0.2) is 4.55 Å². The maximum absolute atomic E-state index is 12.7. The molecule has 0 bridgehead atoms. The highest BCUT2D eigenvalue weighted by Crippen LogP contribution is 2.29. The molecule has 1 unspecified atom stereocenters. The van der Waals surface area contributed by atoms with Crippen LogP contribution in [0.5, 0.6) is 0 Å². The van der Waals surface area contributed by atoms with Crippen molar-refractivity contribution in [1.82, 2.24) is 0 Å². The standard InChI is InChI=1S/C16H12F4OS/c17-15-7-3-12(4-8-15)9-10-22(21)11-13-1-5-14(6-2-13)16(18,19)20/h1-10H,11H2. The molecule has 0 amide bonds. The van der Waals surface area contributed by atoms with E-state index in [1.807, 2.05) is 0 Å². The van der Waals surface area contributed by atoms with E-state index in [4.69, 9.17) is 0 Å². The van der Waals surface area contributed by atoms with E-state index < -0.39 is 22.9 Å². The van der Waals surface area contributed by atoms with E-state index in [0.717, 1.165) is 12.1 Å². The van der Waals surface area contributed by atoms with E-state index in [-0.39, 0.29) is 11.6 Å². The first-order chi connectivity index (χ1) is 10.3. The van der Waals surface area contributed by atoms with Gasteiger partial charge in [0.15, 0.2) is 0 Å². The van der Waals surface area contributed by atoms with E-state index in [1.165, 1.54) is 29.7 Å². The van der Waals surface area contributed by atoms with Gasteiger partial charge in [0.05, 0.1) is 5.56 Å². The summed E-state index contributed by atoms with van der Waals surface area (Å²) < 4.78 is 61.9. The Balaban J connectivity index is 1.97. The lowest BCUT2D eigenvalue weighted by molar-refractivity contribution is -0.137. The molecule has 6 heteroatoms. The summed E-state index contributed by atoms with van der Waals surface area (Å²) in [7, 11) is 0. The van der Waals surface area contributed by atoms with Gasteiger partial charge in [-0.05, 0) is 47.1 Å². The molecule has 0 spiro atoms. The molecule has 0 saturated heterocycles. The van der Waals surface area contributed by atoms with Gasteiger partial charge in [-0.2, -0.15) is 13.2 Å². The first kappa shape index (κ1) is 16.6. The van der Waals surface area contributed by atoms with Gasteiger partial charge in [-0.3, -0.25) is 0 Å². The molecule has 0 fully saturated rings. The Bertz CT molecular complexity index is 633. The zero-order chi connectivity index (χ0) is 16.2. The quantitative estimate of drug-likeness (QED) is 0.586. The Labute approximate surface area is 128 Å². The molecule has 0 N–H and O–H groups in total. The van der Waals surface area contributed by atoms with Gasteiger partial charge >= 0.3 is 6.18 Å². The van der Waals surface area contributed by atoms with E-state index in [1.54, 1.807) is 18.2 Å². The van der Waals surface area contributed by atoms with Crippen molar-refractivity contribution < 1.29 is 22.1 Å². The molecule has 116 valence electrons. The van der Waals surface area contributed by atoms with Crippen molar-refractivity contribution in [3.8, 4) is 0 Å². The fourth-order valence-electron chi connectivity index (χ4n) is 1.73. The lowest BCUT2D eigenvalue weighted by Crippen LogP contribution is -2.05. The number of benzene rings is 2. The molecule has 0 radical (unpaired) electrons. The van der Waals surface area contributed by atoms with Gasteiger partial charge in [0.25, 0.3) is 0 Å². The third-order valence-corrected chi connectivity index (χ3v) is 3.93. The van der Waals surface area contributed by atoms with Crippen molar-refractivity contribution in [3.63, 3.8) is 0 Å². The fraction of sp³-hybridized carbons (Fsp3) is 0.125. The molecule has 0 aliphatic carbocycles. The van der Waals surface area contributed by atoms with Gasteiger partial charge in [-0.1, -0.05) is 24.3 Å². The normalized spacial score (nSPS) is 13.5. The average Bonchev–Trinajstić information content (AvgIpc) is 2.46. The van der Waals surface area contributed by atoms with Crippen LogP contribution in [0.2, 0.25) is 0 Å². The van der Waals surface area contributed by atoms with Gasteiger partial charge in [-0.25, -0.2) is 4.39 Å². The van der Waals surface area contributed by atoms with E-state index in [9.17, 15) is 22.1 Å². The van der Waals surface area contributed by atoms with E-state index >= 15 is 0 Å². The second-order valence-electron chi connectivity index (χ2n) is 4.57. The Morgan fingerprint density at radius 3 is 2.09 bits per heavy atom. The SMILES string of the molecule is [O-][S+](C=Cc1ccc(F)cc1)Cc1ccc(C(F)(F)F)cc1. The number of alkyl halides is 3. The van der Waals surface area contributed by atoms with Crippen LogP contribution in [0.4, 0.5) is 17.6 Å². The molecule has 0 heterocycles. The summed E-state index contributed by atoms with van der Waals surface area (Å²) >= 11 is -1.36. The van der Waals surface area contributed by atoms with Gasteiger partial charge in [0.2, 0.25) is 0 Å². The maximum Gasteiger partial charge on any atom is 0.416 e. The molecule has 2 aromatic rings. The van der Waals surface area contributed by atoms with Crippen LogP contribution in [0.25, 0.3) is 6.08 Å². The van der Waals surface area contributed by atoms with Crippen molar-refractivity contribution in [2.75, 3.05) is 0 Å². The van der Waals surface area contributed by atoms with Crippen molar-refractivity contribution >= 4 is 17.3 Å². The molecular weight excluding hydrogens is 316 g/mol. The first-order valence-corrected chi connectivity index (χ1v) is 7.70.